The minimum Gasteiger partial charge on any atom is -0.322 e. The maximum absolute atomic E-state index is 12.4. The number of rotatable bonds is 5. The van der Waals surface area contributed by atoms with Crippen molar-refractivity contribution in [3.8, 4) is 0 Å². The minimum absolute atomic E-state index is 0.136. The summed E-state index contributed by atoms with van der Waals surface area (Å²) in [6, 6.07) is 14.4. The van der Waals surface area contributed by atoms with Gasteiger partial charge in [-0.05, 0) is 62.4 Å². The Morgan fingerprint density at radius 2 is 1.66 bits per heavy atom. The van der Waals surface area contributed by atoms with Crippen LogP contribution in [0.15, 0.2) is 42.5 Å². The zero-order valence-electron chi connectivity index (χ0n) is 18.6. The lowest BCUT2D eigenvalue weighted by Gasteiger charge is -2.40. The average Bonchev–Trinajstić information content (AvgIpc) is 2.73. The summed E-state index contributed by atoms with van der Waals surface area (Å²) in [6.07, 6.45) is 6.78. The van der Waals surface area contributed by atoms with Crippen LogP contribution in [-0.4, -0.2) is 30.5 Å². The first-order chi connectivity index (χ1) is 13.8. The molecule has 1 saturated carbocycles. The Kier molecular flexibility index (Phi) is 8.73. The normalized spacial score (nSPS) is 14.7. The first-order valence-corrected chi connectivity index (χ1v) is 11.2. The van der Waals surface area contributed by atoms with Crippen molar-refractivity contribution in [1.82, 2.24) is 0 Å². The number of anilines is 1. The molecule has 0 bridgehead atoms. The summed E-state index contributed by atoms with van der Waals surface area (Å²) < 4.78 is 1.04. The molecule has 0 radical (unpaired) electrons. The molecule has 1 aliphatic rings. The molecule has 3 nitrogen and oxygen atoms in total. The van der Waals surface area contributed by atoms with Crippen molar-refractivity contribution < 1.29 is 9.28 Å². The van der Waals surface area contributed by atoms with Gasteiger partial charge in [-0.3, -0.25) is 4.79 Å². The van der Waals surface area contributed by atoms with Crippen molar-refractivity contribution in [2.24, 2.45) is 0 Å². The summed E-state index contributed by atoms with van der Waals surface area (Å²) >= 11 is 6.13. The van der Waals surface area contributed by atoms with Gasteiger partial charge in [0, 0.05) is 21.8 Å². The van der Waals surface area contributed by atoms with Crippen LogP contribution in [0.1, 0.15) is 67.4 Å². The van der Waals surface area contributed by atoms with Gasteiger partial charge < -0.3 is 9.80 Å². The predicted molar refractivity (Wildman–Crippen MR) is 125 cm³/mol. The number of quaternary nitrogens is 1. The third kappa shape index (κ3) is 6.58. The van der Waals surface area contributed by atoms with E-state index >= 15 is 0 Å². The molecule has 1 aliphatic carbocycles. The van der Waals surface area contributed by atoms with E-state index in [-0.39, 0.29) is 5.91 Å². The van der Waals surface area contributed by atoms with E-state index in [9.17, 15) is 4.79 Å². The highest BCUT2D eigenvalue weighted by Crippen LogP contribution is 2.28. The number of halogens is 1. The quantitative estimate of drug-likeness (QED) is 0.532. The molecule has 3 rings (SSSR count). The van der Waals surface area contributed by atoms with Crippen molar-refractivity contribution in [3.05, 3.63) is 64.2 Å². The molecule has 0 aliphatic heterocycles. The molecule has 29 heavy (non-hydrogen) atoms. The Balaban J connectivity index is 0.00000145. The Morgan fingerprint density at radius 1 is 1.03 bits per heavy atom. The summed E-state index contributed by atoms with van der Waals surface area (Å²) in [5.74, 6) is -0.136. The van der Waals surface area contributed by atoms with Gasteiger partial charge in [-0.15, -0.1) is 0 Å². The lowest BCUT2D eigenvalue weighted by molar-refractivity contribution is -0.929. The molecular formula is C25H36ClN2O+. The van der Waals surface area contributed by atoms with E-state index in [2.05, 4.69) is 31.5 Å². The van der Waals surface area contributed by atoms with Crippen LogP contribution in [0, 0.1) is 6.92 Å². The van der Waals surface area contributed by atoms with E-state index < -0.39 is 0 Å². The number of benzene rings is 2. The van der Waals surface area contributed by atoms with Gasteiger partial charge in [0.15, 0.2) is 0 Å². The first-order valence-electron chi connectivity index (χ1n) is 10.8. The van der Waals surface area contributed by atoms with E-state index in [1.54, 1.807) is 12.1 Å². The molecule has 2 aromatic carbocycles. The zero-order chi connectivity index (χ0) is 21.4. The van der Waals surface area contributed by atoms with Gasteiger partial charge in [0.25, 0.3) is 5.91 Å². The van der Waals surface area contributed by atoms with Crippen LogP contribution in [0.5, 0.6) is 0 Å². The average molecular weight is 416 g/mol. The largest absolute Gasteiger partial charge is 0.322 e. The fourth-order valence-corrected chi connectivity index (χ4v) is 4.19. The number of aryl methyl sites for hydroxylation is 1. The van der Waals surface area contributed by atoms with Gasteiger partial charge in [0.1, 0.15) is 6.54 Å². The van der Waals surface area contributed by atoms with Gasteiger partial charge in [-0.2, -0.15) is 0 Å². The molecule has 0 heterocycles. The Labute approximate surface area is 181 Å². The van der Waals surface area contributed by atoms with E-state index in [1.807, 2.05) is 39.0 Å². The van der Waals surface area contributed by atoms with E-state index in [4.69, 9.17) is 11.6 Å². The highest BCUT2D eigenvalue weighted by molar-refractivity contribution is 6.31. The highest BCUT2D eigenvalue weighted by Gasteiger charge is 2.29. The van der Waals surface area contributed by atoms with Crippen LogP contribution < -0.4 is 5.32 Å². The Bertz CT molecular complexity index is 793. The molecule has 1 fully saturated rings. The van der Waals surface area contributed by atoms with Crippen LogP contribution in [0.4, 0.5) is 5.69 Å². The van der Waals surface area contributed by atoms with Gasteiger partial charge in [0.2, 0.25) is 0 Å². The van der Waals surface area contributed by atoms with E-state index in [1.165, 1.54) is 37.7 Å². The van der Waals surface area contributed by atoms with E-state index in [0.29, 0.717) is 10.6 Å². The van der Waals surface area contributed by atoms with Gasteiger partial charge in [-0.1, -0.05) is 50.1 Å². The molecule has 2 aromatic rings. The molecular weight excluding hydrogens is 380 g/mol. The number of amides is 1. The second-order valence-electron chi connectivity index (χ2n) is 8.34. The van der Waals surface area contributed by atoms with Crippen molar-refractivity contribution in [3.63, 3.8) is 0 Å². The number of hydrogen-bond acceptors (Lipinski definition) is 1. The highest BCUT2D eigenvalue weighted by atomic mass is 35.5. The maximum atomic E-state index is 12.4. The number of carbonyl (C=O) groups is 1. The minimum atomic E-state index is -0.136. The molecule has 1 amide bonds. The third-order valence-corrected chi connectivity index (χ3v) is 6.21. The summed E-state index contributed by atoms with van der Waals surface area (Å²) in [6.45, 7) is 6.95. The van der Waals surface area contributed by atoms with Crippen LogP contribution in [-0.2, 0) is 6.54 Å². The summed E-state index contributed by atoms with van der Waals surface area (Å²) in [5.41, 5.74) is 3.66. The molecule has 158 valence electrons. The molecule has 0 spiro atoms. The molecule has 4 heteroatoms. The maximum Gasteiger partial charge on any atom is 0.255 e. The van der Waals surface area contributed by atoms with Crippen molar-refractivity contribution >= 4 is 23.2 Å². The Hall–Kier alpha value is -1.84. The number of nitrogens with zero attached hydrogens (tertiary/aromatic N) is 1. The smallest absolute Gasteiger partial charge is 0.255 e. The SMILES string of the molecule is CC.Cc1ccc(C(=O)Nc2ccc(C[N+](C)(C)C3CCCCC3)cc2)cc1Cl. The van der Waals surface area contributed by atoms with E-state index in [0.717, 1.165) is 28.3 Å². The van der Waals surface area contributed by atoms with Crippen LogP contribution in [0.2, 0.25) is 5.02 Å². The molecule has 0 saturated heterocycles. The Morgan fingerprint density at radius 3 is 2.24 bits per heavy atom. The first kappa shape index (κ1) is 23.4. The van der Waals surface area contributed by atoms with Crippen molar-refractivity contribution in [2.45, 2.75) is 65.5 Å². The van der Waals surface area contributed by atoms with Crippen LogP contribution >= 0.6 is 11.6 Å². The second kappa shape index (κ2) is 10.8. The number of carbonyl (C=O) groups excluding carboxylic acids is 1. The van der Waals surface area contributed by atoms with Crippen LogP contribution in [0.3, 0.4) is 0 Å². The van der Waals surface area contributed by atoms with Gasteiger partial charge in [-0.25, -0.2) is 0 Å². The summed E-state index contributed by atoms with van der Waals surface area (Å²) in [7, 11) is 4.68. The standard InChI is InChI=1S/C23H29ClN2O.C2H6/c1-17-9-12-19(15-22(17)24)23(27)25-20-13-10-18(11-14-20)16-26(2,3)21-7-5-4-6-8-21;1-2/h9-15,21H,4-8,16H2,1-3H3;1-2H3/p+1. The monoisotopic (exact) mass is 415 g/mol. The summed E-state index contributed by atoms with van der Waals surface area (Å²) in [4.78, 5) is 12.4. The zero-order valence-corrected chi connectivity index (χ0v) is 19.4. The van der Waals surface area contributed by atoms with Crippen molar-refractivity contribution in [2.75, 3.05) is 19.4 Å². The van der Waals surface area contributed by atoms with Crippen LogP contribution in [0.25, 0.3) is 0 Å². The van der Waals surface area contributed by atoms with Gasteiger partial charge in [0.05, 0.1) is 20.1 Å². The molecule has 0 aromatic heterocycles. The van der Waals surface area contributed by atoms with Crippen molar-refractivity contribution in [1.29, 1.82) is 0 Å². The van der Waals surface area contributed by atoms with Gasteiger partial charge >= 0.3 is 0 Å². The summed E-state index contributed by atoms with van der Waals surface area (Å²) in [5, 5.41) is 3.57. The topological polar surface area (TPSA) is 29.1 Å². The lowest BCUT2D eigenvalue weighted by atomic mass is 9.92. The second-order valence-corrected chi connectivity index (χ2v) is 8.75. The fraction of sp³-hybridized carbons (Fsp3) is 0.480. The molecule has 0 atom stereocenters. The molecule has 0 unspecified atom stereocenters. The third-order valence-electron chi connectivity index (χ3n) is 5.80. The predicted octanol–water partition coefficient (Wildman–Crippen LogP) is 6.84. The number of hydrogen-bond donors (Lipinski definition) is 1. The molecule has 1 N–H and O–H groups in total. The number of nitrogens with one attached hydrogen (secondary N) is 1. The lowest BCUT2D eigenvalue weighted by Crippen LogP contribution is -2.48. The fourth-order valence-electron chi connectivity index (χ4n) is 4.01.